The predicted molar refractivity (Wildman–Crippen MR) is 126 cm³/mol. The molecule has 2 rings (SSSR count). The van der Waals surface area contributed by atoms with Gasteiger partial charge in [-0.05, 0) is 25.0 Å². The number of barbiturate groups is 1. The van der Waals surface area contributed by atoms with Gasteiger partial charge in [-0.15, -0.1) is 0 Å². The van der Waals surface area contributed by atoms with Crippen LogP contribution in [0.5, 0.6) is 5.88 Å². The molecule has 0 bridgehead atoms. The number of carbonyl (C=O) groups excluding carboxylic acids is 3. The zero-order chi connectivity index (χ0) is 26.3. The van der Waals surface area contributed by atoms with E-state index in [-0.39, 0.29) is 24.2 Å². The summed E-state index contributed by atoms with van der Waals surface area (Å²) in [6.07, 6.45) is 5.50. The lowest BCUT2D eigenvalue weighted by Crippen LogP contribution is -2.54. The maximum absolute atomic E-state index is 12.9. The summed E-state index contributed by atoms with van der Waals surface area (Å²) in [4.78, 5) is 75.8. The number of amides is 4. The Morgan fingerprint density at radius 3 is 2.14 bits per heavy atom. The Kier molecular flexibility index (Phi) is 9.32. The fraction of sp³-hybridized carbons (Fsp3) is 0.478. The van der Waals surface area contributed by atoms with Crippen LogP contribution in [-0.2, 0) is 27.5 Å². The number of hydrogen-bond donors (Lipinski definition) is 2. The normalized spacial score (nSPS) is 15.6. The number of nitrogens with zero attached hydrogens (tertiary/aromatic N) is 4. The molecule has 190 valence electrons. The minimum Gasteiger partial charge on any atom is -0.494 e. The number of carbonyl (C=O) groups is 4. The van der Waals surface area contributed by atoms with Crippen LogP contribution in [0.4, 0.5) is 4.79 Å². The standard InChI is InChI=1S/C23H30N4O8/c1-4-6-12-25-19(31)15(18(30)24(3)22(25)34)9-8-10-16-20(32)26(13-7-5-2)23(35)27(21(16)33)14-11-17(28)29/h8-10,32H,4-7,11-14H2,1-3H3,(H,28,29)/b10-8+,15-9-. The number of aliphatic carboxylic acids is 1. The van der Waals surface area contributed by atoms with Crippen LogP contribution in [0.1, 0.15) is 51.5 Å². The van der Waals surface area contributed by atoms with E-state index in [1.54, 1.807) is 0 Å². The monoisotopic (exact) mass is 490 g/mol. The Morgan fingerprint density at radius 1 is 0.914 bits per heavy atom. The first kappa shape index (κ1) is 27.3. The number of allylic oxidation sites excluding steroid dienone is 2. The van der Waals surface area contributed by atoms with Gasteiger partial charge >= 0.3 is 17.7 Å². The molecule has 1 aromatic rings. The molecule has 2 N–H and O–H groups in total. The van der Waals surface area contributed by atoms with Crippen LogP contribution in [0.3, 0.4) is 0 Å². The quantitative estimate of drug-likeness (QED) is 0.345. The van der Waals surface area contributed by atoms with E-state index in [0.29, 0.717) is 19.3 Å². The lowest BCUT2D eigenvalue weighted by molar-refractivity contribution is -0.137. The number of rotatable bonds is 11. The van der Waals surface area contributed by atoms with Gasteiger partial charge in [0.2, 0.25) is 5.88 Å². The van der Waals surface area contributed by atoms with Gasteiger partial charge in [0.1, 0.15) is 11.1 Å². The van der Waals surface area contributed by atoms with Crippen LogP contribution < -0.4 is 11.2 Å². The highest BCUT2D eigenvalue weighted by atomic mass is 16.4. The zero-order valence-electron chi connectivity index (χ0n) is 20.0. The topological polar surface area (TPSA) is 159 Å². The highest BCUT2D eigenvalue weighted by molar-refractivity contribution is 6.28. The van der Waals surface area contributed by atoms with E-state index in [2.05, 4.69) is 0 Å². The maximum Gasteiger partial charge on any atom is 0.333 e. The van der Waals surface area contributed by atoms with Gasteiger partial charge in [-0.2, -0.15) is 0 Å². The molecule has 12 heteroatoms. The van der Waals surface area contributed by atoms with Crippen molar-refractivity contribution in [2.45, 2.75) is 59.0 Å². The summed E-state index contributed by atoms with van der Waals surface area (Å²) >= 11 is 0. The molecule has 1 saturated heterocycles. The summed E-state index contributed by atoms with van der Waals surface area (Å²) in [5, 5.41) is 19.6. The largest absolute Gasteiger partial charge is 0.494 e. The zero-order valence-corrected chi connectivity index (χ0v) is 20.0. The molecule has 0 aromatic carbocycles. The average molecular weight is 491 g/mol. The van der Waals surface area contributed by atoms with Crippen molar-refractivity contribution in [3.8, 4) is 5.88 Å². The van der Waals surface area contributed by atoms with Crippen molar-refractivity contribution in [1.29, 1.82) is 0 Å². The van der Waals surface area contributed by atoms with Gasteiger partial charge in [-0.3, -0.25) is 38.1 Å². The maximum atomic E-state index is 12.9. The SMILES string of the molecule is CCCCN1C(=O)/C(=C\C=C\c2c(O)n(CCCC)c(=O)n(CCC(=O)O)c2=O)C(=O)N(C)C1=O. The van der Waals surface area contributed by atoms with E-state index >= 15 is 0 Å². The second-order valence-corrected chi connectivity index (χ2v) is 8.02. The van der Waals surface area contributed by atoms with E-state index in [1.165, 1.54) is 13.1 Å². The van der Waals surface area contributed by atoms with Crippen LogP contribution in [-0.4, -0.2) is 66.6 Å². The van der Waals surface area contributed by atoms with Crippen LogP contribution in [0.15, 0.2) is 27.3 Å². The minimum absolute atomic E-state index is 0.104. The van der Waals surface area contributed by atoms with Gasteiger partial charge in [0, 0.05) is 26.7 Å². The lowest BCUT2D eigenvalue weighted by Gasteiger charge is -2.31. The predicted octanol–water partition coefficient (Wildman–Crippen LogP) is 1.15. The van der Waals surface area contributed by atoms with Gasteiger partial charge < -0.3 is 10.2 Å². The smallest absolute Gasteiger partial charge is 0.333 e. The summed E-state index contributed by atoms with van der Waals surface area (Å²) < 4.78 is 1.71. The van der Waals surface area contributed by atoms with E-state index in [9.17, 15) is 33.9 Å². The van der Waals surface area contributed by atoms with Crippen LogP contribution in [0, 0.1) is 0 Å². The number of carboxylic acids is 1. The molecule has 0 atom stereocenters. The number of carboxylic acid groups (broad SMARTS) is 1. The molecule has 1 fully saturated rings. The fourth-order valence-corrected chi connectivity index (χ4v) is 3.45. The summed E-state index contributed by atoms with van der Waals surface area (Å²) in [5.41, 5.74) is -2.34. The Hall–Kier alpha value is -3.96. The molecule has 1 aliphatic rings. The van der Waals surface area contributed by atoms with E-state index in [0.717, 1.165) is 37.5 Å². The fourth-order valence-electron chi connectivity index (χ4n) is 3.45. The third-order valence-corrected chi connectivity index (χ3v) is 5.51. The van der Waals surface area contributed by atoms with Crippen molar-refractivity contribution < 1.29 is 29.4 Å². The van der Waals surface area contributed by atoms with Gasteiger partial charge in [0.25, 0.3) is 17.4 Å². The highest BCUT2D eigenvalue weighted by Gasteiger charge is 2.39. The number of hydrogen-bond acceptors (Lipinski definition) is 7. The highest BCUT2D eigenvalue weighted by Crippen LogP contribution is 2.18. The van der Waals surface area contributed by atoms with Crippen molar-refractivity contribution in [2.75, 3.05) is 13.6 Å². The minimum atomic E-state index is -1.20. The number of urea groups is 1. The van der Waals surface area contributed by atoms with E-state index in [1.807, 2.05) is 13.8 Å². The lowest BCUT2D eigenvalue weighted by atomic mass is 10.1. The first-order valence-corrected chi connectivity index (χ1v) is 11.4. The molecular formula is C23H30N4O8. The molecule has 12 nitrogen and oxygen atoms in total. The van der Waals surface area contributed by atoms with Crippen molar-refractivity contribution in [3.05, 3.63) is 44.1 Å². The van der Waals surface area contributed by atoms with Crippen molar-refractivity contribution in [3.63, 3.8) is 0 Å². The van der Waals surface area contributed by atoms with Gasteiger partial charge in [0.05, 0.1) is 6.42 Å². The average Bonchev–Trinajstić information content (AvgIpc) is 2.81. The summed E-state index contributed by atoms with van der Waals surface area (Å²) in [6, 6.07) is -0.725. The molecule has 35 heavy (non-hydrogen) atoms. The molecule has 0 unspecified atom stereocenters. The van der Waals surface area contributed by atoms with Crippen molar-refractivity contribution in [1.82, 2.24) is 18.9 Å². The van der Waals surface area contributed by atoms with Gasteiger partial charge in [0.15, 0.2) is 0 Å². The first-order chi connectivity index (χ1) is 16.6. The second kappa shape index (κ2) is 12.0. The van der Waals surface area contributed by atoms with Crippen molar-refractivity contribution >= 4 is 29.9 Å². The summed E-state index contributed by atoms with van der Waals surface area (Å²) in [6.45, 7) is 3.62. The van der Waals surface area contributed by atoms with Crippen LogP contribution in [0.2, 0.25) is 0 Å². The molecule has 0 radical (unpaired) electrons. The van der Waals surface area contributed by atoms with Gasteiger partial charge in [-0.25, -0.2) is 9.59 Å². The number of imide groups is 2. The third-order valence-electron chi connectivity index (χ3n) is 5.51. The van der Waals surface area contributed by atoms with Crippen LogP contribution >= 0.6 is 0 Å². The number of likely N-dealkylation sites (N-methyl/N-ethyl adjacent to an activating group) is 1. The Balaban J connectivity index is 2.53. The van der Waals surface area contributed by atoms with E-state index in [4.69, 9.17) is 5.11 Å². The molecular weight excluding hydrogens is 460 g/mol. The first-order valence-electron chi connectivity index (χ1n) is 11.4. The van der Waals surface area contributed by atoms with E-state index < -0.39 is 53.9 Å². The molecule has 2 heterocycles. The molecule has 1 aromatic heterocycles. The molecule has 0 saturated carbocycles. The Morgan fingerprint density at radius 2 is 1.54 bits per heavy atom. The molecule has 0 spiro atoms. The number of aromatic nitrogens is 2. The molecule has 4 amide bonds. The van der Waals surface area contributed by atoms with Gasteiger partial charge in [-0.1, -0.05) is 32.8 Å². The van der Waals surface area contributed by atoms with Crippen LogP contribution in [0.25, 0.3) is 6.08 Å². The number of unbranched alkanes of at least 4 members (excludes halogenated alkanes) is 2. The molecule has 1 aliphatic heterocycles. The number of aromatic hydroxyl groups is 1. The Labute approximate surface area is 201 Å². The Bertz CT molecular complexity index is 1190. The second-order valence-electron chi connectivity index (χ2n) is 8.02. The van der Waals surface area contributed by atoms with Crippen molar-refractivity contribution in [2.24, 2.45) is 0 Å². The summed E-state index contributed by atoms with van der Waals surface area (Å²) in [5.74, 6) is -3.39. The third kappa shape index (κ3) is 5.94. The molecule has 0 aliphatic carbocycles. The summed E-state index contributed by atoms with van der Waals surface area (Å²) in [7, 11) is 1.25.